The van der Waals surface area contributed by atoms with Gasteiger partial charge in [0.05, 0.1) is 5.69 Å². The van der Waals surface area contributed by atoms with Crippen LogP contribution in [0.4, 0.5) is 5.69 Å². The summed E-state index contributed by atoms with van der Waals surface area (Å²) < 4.78 is 1.06. The third-order valence-corrected chi connectivity index (χ3v) is 4.54. The van der Waals surface area contributed by atoms with Gasteiger partial charge < -0.3 is 5.73 Å². The van der Waals surface area contributed by atoms with Gasteiger partial charge in [0.2, 0.25) is 0 Å². The quantitative estimate of drug-likeness (QED) is 0.654. The summed E-state index contributed by atoms with van der Waals surface area (Å²) in [6.07, 6.45) is 0. The molecule has 0 saturated carbocycles. The van der Waals surface area contributed by atoms with Crippen LogP contribution in [0.15, 0.2) is 53.0 Å². The lowest BCUT2D eigenvalue weighted by molar-refractivity contribution is 1.37. The molecule has 0 aliphatic rings. The van der Waals surface area contributed by atoms with Gasteiger partial charge in [-0.1, -0.05) is 40.2 Å². The number of hydrogen-bond acceptors (Lipinski definition) is 3. The maximum Gasteiger partial charge on any atom is 0.124 e. The molecule has 0 fully saturated rings. The molecular weight excluding hydrogens is 332 g/mol. The van der Waals surface area contributed by atoms with Gasteiger partial charge in [-0.3, -0.25) is 0 Å². The minimum atomic E-state index is 0.763. The summed E-state index contributed by atoms with van der Waals surface area (Å²) in [4.78, 5) is 5.98. The van der Waals surface area contributed by atoms with Crippen molar-refractivity contribution in [3.8, 4) is 21.8 Å². The molecule has 0 saturated heterocycles. The lowest BCUT2D eigenvalue weighted by Gasteiger charge is -1.99. The van der Waals surface area contributed by atoms with Crippen LogP contribution in [0.25, 0.3) is 21.8 Å². The van der Waals surface area contributed by atoms with Gasteiger partial charge in [-0.2, -0.15) is 0 Å². The monoisotopic (exact) mass is 344 g/mol. The lowest BCUT2D eigenvalue weighted by atomic mass is 10.1. The molecule has 0 amide bonds. The van der Waals surface area contributed by atoms with Crippen molar-refractivity contribution in [2.45, 2.75) is 6.92 Å². The molecule has 2 nitrogen and oxygen atoms in total. The number of halogens is 1. The Morgan fingerprint density at radius 2 is 1.80 bits per heavy atom. The number of nitrogens with two attached hydrogens (primary N) is 1. The van der Waals surface area contributed by atoms with E-state index in [2.05, 4.69) is 35.0 Å². The summed E-state index contributed by atoms with van der Waals surface area (Å²) >= 11 is 5.20. The first kappa shape index (κ1) is 13.3. The Morgan fingerprint density at radius 1 is 1.05 bits per heavy atom. The van der Waals surface area contributed by atoms with Gasteiger partial charge in [-0.25, -0.2) is 4.98 Å². The van der Waals surface area contributed by atoms with Crippen LogP contribution in [0.3, 0.4) is 0 Å². The van der Waals surface area contributed by atoms with Crippen molar-refractivity contribution in [1.29, 1.82) is 0 Å². The van der Waals surface area contributed by atoms with Crippen LogP contribution < -0.4 is 5.73 Å². The molecule has 0 unspecified atom stereocenters. The van der Waals surface area contributed by atoms with E-state index in [1.807, 2.05) is 36.4 Å². The highest BCUT2D eigenvalue weighted by molar-refractivity contribution is 9.10. The second-order valence-corrected chi connectivity index (χ2v) is 6.68. The molecule has 4 heteroatoms. The molecule has 0 spiro atoms. The van der Waals surface area contributed by atoms with E-state index in [0.717, 1.165) is 32.0 Å². The predicted octanol–water partition coefficient (Wildman–Crippen LogP) is 5.13. The number of aromatic nitrogens is 1. The van der Waals surface area contributed by atoms with Crippen LogP contribution in [0.1, 0.15) is 4.88 Å². The minimum absolute atomic E-state index is 0.763. The Labute approximate surface area is 130 Å². The third kappa shape index (κ3) is 2.62. The summed E-state index contributed by atoms with van der Waals surface area (Å²) in [5.74, 6) is 0. The van der Waals surface area contributed by atoms with Gasteiger partial charge >= 0.3 is 0 Å². The number of aryl methyl sites for hydroxylation is 1. The molecule has 3 aromatic rings. The van der Waals surface area contributed by atoms with Crippen LogP contribution in [-0.2, 0) is 0 Å². The van der Waals surface area contributed by atoms with E-state index in [0.29, 0.717) is 0 Å². The molecule has 100 valence electrons. The Bertz CT molecular complexity index is 765. The Kier molecular flexibility index (Phi) is 3.59. The molecule has 1 heterocycles. The number of hydrogen-bond donors (Lipinski definition) is 1. The highest BCUT2D eigenvalue weighted by Gasteiger charge is 2.11. The van der Waals surface area contributed by atoms with Crippen LogP contribution >= 0.6 is 27.3 Å². The first-order valence-corrected chi connectivity index (χ1v) is 7.84. The van der Waals surface area contributed by atoms with Crippen LogP contribution in [0, 0.1) is 6.92 Å². The molecule has 0 bridgehead atoms. The van der Waals surface area contributed by atoms with E-state index in [-0.39, 0.29) is 0 Å². The highest BCUT2D eigenvalue weighted by atomic mass is 79.9. The fraction of sp³-hybridized carbons (Fsp3) is 0.0625. The average Bonchev–Trinajstić information content (AvgIpc) is 2.81. The van der Waals surface area contributed by atoms with E-state index in [1.54, 1.807) is 11.3 Å². The second kappa shape index (κ2) is 5.38. The molecule has 3 rings (SSSR count). The molecule has 0 radical (unpaired) electrons. The lowest BCUT2D eigenvalue weighted by Crippen LogP contribution is -1.85. The maximum atomic E-state index is 5.84. The van der Waals surface area contributed by atoms with Crippen LogP contribution in [-0.4, -0.2) is 4.98 Å². The molecule has 20 heavy (non-hydrogen) atoms. The van der Waals surface area contributed by atoms with Crippen molar-refractivity contribution in [3.05, 3.63) is 57.9 Å². The van der Waals surface area contributed by atoms with Crippen molar-refractivity contribution in [3.63, 3.8) is 0 Å². The SMILES string of the molecule is Cc1sc(-c2cccc(N)c2)nc1-c1cccc(Br)c1. The Balaban J connectivity index is 2.08. The number of anilines is 1. The molecule has 2 N–H and O–H groups in total. The fourth-order valence-corrected chi connectivity index (χ4v) is 3.43. The number of benzene rings is 2. The summed E-state index contributed by atoms with van der Waals surface area (Å²) in [5.41, 5.74) is 9.84. The van der Waals surface area contributed by atoms with Gasteiger partial charge in [-0.15, -0.1) is 11.3 Å². The van der Waals surface area contributed by atoms with Gasteiger partial charge in [0.1, 0.15) is 5.01 Å². The van der Waals surface area contributed by atoms with Gasteiger partial charge in [0, 0.05) is 26.2 Å². The summed E-state index contributed by atoms with van der Waals surface area (Å²) in [5, 5.41) is 1.00. The summed E-state index contributed by atoms with van der Waals surface area (Å²) in [7, 11) is 0. The summed E-state index contributed by atoms with van der Waals surface area (Å²) in [6.45, 7) is 2.10. The van der Waals surface area contributed by atoms with Gasteiger partial charge in [0.25, 0.3) is 0 Å². The van der Waals surface area contributed by atoms with E-state index in [1.165, 1.54) is 4.88 Å². The Hall–Kier alpha value is -1.65. The number of rotatable bonds is 2. The fourth-order valence-electron chi connectivity index (χ4n) is 2.10. The van der Waals surface area contributed by atoms with Crippen molar-refractivity contribution in [2.75, 3.05) is 5.73 Å². The van der Waals surface area contributed by atoms with Crippen molar-refractivity contribution in [2.24, 2.45) is 0 Å². The third-order valence-electron chi connectivity index (χ3n) is 3.03. The Morgan fingerprint density at radius 3 is 2.55 bits per heavy atom. The standard InChI is InChI=1S/C16H13BrN2S/c1-10-15(11-4-2-6-13(17)8-11)19-16(20-10)12-5-3-7-14(18)9-12/h2-9H,18H2,1H3. The van der Waals surface area contributed by atoms with E-state index in [4.69, 9.17) is 10.7 Å². The molecule has 0 aliphatic heterocycles. The zero-order valence-electron chi connectivity index (χ0n) is 10.9. The largest absolute Gasteiger partial charge is 0.399 e. The van der Waals surface area contributed by atoms with E-state index >= 15 is 0 Å². The minimum Gasteiger partial charge on any atom is -0.399 e. The van der Waals surface area contributed by atoms with Crippen molar-refractivity contribution in [1.82, 2.24) is 4.98 Å². The van der Waals surface area contributed by atoms with Crippen molar-refractivity contribution >= 4 is 33.0 Å². The van der Waals surface area contributed by atoms with E-state index in [9.17, 15) is 0 Å². The average molecular weight is 345 g/mol. The van der Waals surface area contributed by atoms with Gasteiger partial charge in [-0.05, 0) is 31.2 Å². The van der Waals surface area contributed by atoms with Crippen molar-refractivity contribution < 1.29 is 0 Å². The zero-order valence-corrected chi connectivity index (χ0v) is 13.3. The predicted molar refractivity (Wildman–Crippen MR) is 89.8 cm³/mol. The van der Waals surface area contributed by atoms with Crippen LogP contribution in [0.5, 0.6) is 0 Å². The first-order chi connectivity index (χ1) is 9.63. The van der Waals surface area contributed by atoms with Gasteiger partial charge in [0.15, 0.2) is 0 Å². The smallest absolute Gasteiger partial charge is 0.124 e. The zero-order chi connectivity index (χ0) is 14.1. The number of nitrogen functional groups attached to an aromatic ring is 1. The topological polar surface area (TPSA) is 38.9 Å². The molecule has 0 aliphatic carbocycles. The van der Waals surface area contributed by atoms with E-state index < -0.39 is 0 Å². The summed E-state index contributed by atoms with van der Waals surface area (Å²) in [6, 6.07) is 16.1. The molecule has 2 aromatic carbocycles. The second-order valence-electron chi connectivity index (χ2n) is 4.56. The highest BCUT2D eigenvalue weighted by Crippen LogP contribution is 2.34. The maximum absolute atomic E-state index is 5.84. The molecular formula is C16H13BrN2S. The van der Waals surface area contributed by atoms with Crippen LogP contribution in [0.2, 0.25) is 0 Å². The molecule has 0 atom stereocenters. The number of nitrogens with zero attached hydrogens (tertiary/aromatic N) is 1. The molecule has 1 aromatic heterocycles. The normalized spacial score (nSPS) is 10.7. The number of thiazole rings is 1. The first-order valence-electron chi connectivity index (χ1n) is 6.23.